The quantitative estimate of drug-likeness (QED) is 0.628. The third-order valence-corrected chi connectivity index (χ3v) is 2.73. The molecule has 2 aromatic rings. The van der Waals surface area contributed by atoms with Crippen molar-refractivity contribution in [2.24, 2.45) is 0 Å². The Hall–Kier alpha value is -1.81. The fourth-order valence-corrected chi connectivity index (χ4v) is 1.83. The van der Waals surface area contributed by atoms with Gasteiger partial charge in [-0.3, -0.25) is 4.68 Å². The fourth-order valence-electron chi connectivity index (χ4n) is 1.83. The first-order chi connectivity index (χ1) is 8.79. The van der Waals surface area contributed by atoms with Crippen molar-refractivity contribution in [3.8, 4) is 11.1 Å². The molecule has 0 fully saturated rings. The number of aromatic nitrogens is 2. The lowest BCUT2D eigenvalue weighted by molar-refractivity contribution is 0.141. The maximum atomic E-state index is 5.77. The molecule has 0 unspecified atom stereocenters. The van der Waals surface area contributed by atoms with E-state index in [1.807, 2.05) is 48.3 Å². The Kier molecular flexibility index (Phi) is 4.36. The summed E-state index contributed by atoms with van der Waals surface area (Å²) in [6.07, 6.45) is 4.89. The first kappa shape index (κ1) is 12.6. The molecule has 0 atom stereocenters. The minimum absolute atomic E-state index is 0.771. The molecule has 1 aromatic heterocycles. The summed E-state index contributed by atoms with van der Waals surface area (Å²) in [5.74, 6) is 0. The molecular weight excluding hydrogens is 226 g/mol. The zero-order chi connectivity index (χ0) is 12.8. The first-order valence-corrected chi connectivity index (χ1v) is 6.25. The van der Waals surface area contributed by atoms with Gasteiger partial charge in [0.05, 0.1) is 6.20 Å². The predicted octanol–water partition coefficient (Wildman–Crippen LogP) is 2.56. The molecule has 0 aliphatic carbocycles. The van der Waals surface area contributed by atoms with Crippen LogP contribution >= 0.6 is 0 Å². The van der Waals surface area contributed by atoms with E-state index in [1.165, 1.54) is 0 Å². The molecule has 0 amide bonds. The second-order valence-electron chi connectivity index (χ2n) is 4.17. The van der Waals surface area contributed by atoms with E-state index in [4.69, 9.17) is 10.5 Å². The van der Waals surface area contributed by atoms with Crippen LogP contribution in [0.2, 0.25) is 0 Å². The van der Waals surface area contributed by atoms with Crippen molar-refractivity contribution in [3.05, 3.63) is 36.7 Å². The average molecular weight is 245 g/mol. The molecule has 2 rings (SSSR count). The third kappa shape index (κ3) is 3.34. The van der Waals surface area contributed by atoms with E-state index in [1.54, 1.807) is 0 Å². The Balaban J connectivity index is 1.97. The van der Waals surface area contributed by atoms with Crippen LogP contribution in [-0.4, -0.2) is 23.0 Å². The minimum atomic E-state index is 0.771. The lowest BCUT2D eigenvalue weighted by atomic mass is 10.1. The van der Waals surface area contributed by atoms with Crippen molar-refractivity contribution in [2.45, 2.75) is 19.9 Å². The highest BCUT2D eigenvalue weighted by molar-refractivity contribution is 5.65. The molecule has 1 heterocycles. The fraction of sp³-hybridized carbons (Fsp3) is 0.357. The minimum Gasteiger partial charge on any atom is -0.399 e. The summed E-state index contributed by atoms with van der Waals surface area (Å²) >= 11 is 0. The molecule has 0 radical (unpaired) electrons. The second-order valence-corrected chi connectivity index (χ2v) is 4.17. The molecule has 0 aliphatic heterocycles. The number of benzene rings is 1. The number of hydrogen-bond acceptors (Lipinski definition) is 3. The van der Waals surface area contributed by atoms with Gasteiger partial charge in [0.25, 0.3) is 0 Å². The van der Waals surface area contributed by atoms with E-state index in [0.29, 0.717) is 0 Å². The van der Waals surface area contributed by atoms with Crippen LogP contribution in [0.3, 0.4) is 0 Å². The van der Waals surface area contributed by atoms with E-state index in [9.17, 15) is 0 Å². The molecule has 1 aromatic carbocycles. The van der Waals surface area contributed by atoms with Crippen molar-refractivity contribution in [1.82, 2.24) is 9.78 Å². The van der Waals surface area contributed by atoms with Crippen LogP contribution in [0.5, 0.6) is 0 Å². The predicted molar refractivity (Wildman–Crippen MR) is 73.2 cm³/mol. The zero-order valence-corrected chi connectivity index (χ0v) is 10.7. The van der Waals surface area contributed by atoms with Crippen molar-refractivity contribution in [3.63, 3.8) is 0 Å². The molecule has 18 heavy (non-hydrogen) atoms. The summed E-state index contributed by atoms with van der Waals surface area (Å²) in [5, 5.41) is 4.34. The number of hydrogen-bond donors (Lipinski definition) is 1. The van der Waals surface area contributed by atoms with Gasteiger partial charge < -0.3 is 10.5 Å². The number of ether oxygens (including phenoxy) is 1. The van der Waals surface area contributed by atoms with Crippen LogP contribution < -0.4 is 5.73 Å². The number of anilines is 1. The van der Waals surface area contributed by atoms with Crippen molar-refractivity contribution in [2.75, 3.05) is 18.9 Å². The maximum absolute atomic E-state index is 5.77. The van der Waals surface area contributed by atoms with Crippen molar-refractivity contribution in [1.29, 1.82) is 0 Å². The van der Waals surface area contributed by atoms with Gasteiger partial charge in [-0.1, -0.05) is 12.1 Å². The van der Waals surface area contributed by atoms with Gasteiger partial charge in [0.2, 0.25) is 0 Å². The molecule has 0 saturated heterocycles. The molecule has 2 N–H and O–H groups in total. The SMILES string of the molecule is CCOCCCn1cc(-c2cccc(N)c2)cn1. The van der Waals surface area contributed by atoms with Gasteiger partial charge in [0, 0.05) is 37.2 Å². The maximum Gasteiger partial charge on any atom is 0.0568 e. The number of aryl methyl sites for hydroxylation is 1. The number of rotatable bonds is 6. The van der Waals surface area contributed by atoms with Gasteiger partial charge >= 0.3 is 0 Å². The van der Waals surface area contributed by atoms with Gasteiger partial charge in [-0.2, -0.15) is 5.10 Å². The van der Waals surface area contributed by atoms with Crippen LogP contribution in [0.25, 0.3) is 11.1 Å². The Morgan fingerprint density at radius 3 is 3.00 bits per heavy atom. The molecular formula is C14H19N3O. The monoisotopic (exact) mass is 245 g/mol. The van der Waals surface area contributed by atoms with Crippen LogP contribution in [0, 0.1) is 0 Å². The largest absolute Gasteiger partial charge is 0.399 e. The zero-order valence-electron chi connectivity index (χ0n) is 10.7. The van der Waals surface area contributed by atoms with Gasteiger partial charge in [-0.05, 0) is 31.0 Å². The molecule has 96 valence electrons. The van der Waals surface area contributed by atoms with Crippen LogP contribution in [0.15, 0.2) is 36.7 Å². The summed E-state index contributed by atoms with van der Waals surface area (Å²) in [5.41, 5.74) is 8.75. The Labute approximate surface area is 107 Å². The highest BCUT2D eigenvalue weighted by Gasteiger charge is 2.02. The topological polar surface area (TPSA) is 53.1 Å². The number of nitrogens with two attached hydrogens (primary N) is 1. The van der Waals surface area contributed by atoms with E-state index in [0.717, 1.165) is 43.0 Å². The molecule has 0 spiro atoms. The van der Waals surface area contributed by atoms with Crippen LogP contribution in [0.1, 0.15) is 13.3 Å². The summed E-state index contributed by atoms with van der Waals surface area (Å²) in [7, 11) is 0. The van der Waals surface area contributed by atoms with Crippen LogP contribution in [0.4, 0.5) is 5.69 Å². The Bertz CT molecular complexity index is 493. The molecule has 4 heteroatoms. The average Bonchev–Trinajstić information content (AvgIpc) is 2.83. The molecule has 0 aliphatic rings. The van der Waals surface area contributed by atoms with Gasteiger partial charge in [0.1, 0.15) is 0 Å². The highest BCUT2D eigenvalue weighted by Crippen LogP contribution is 2.20. The first-order valence-electron chi connectivity index (χ1n) is 6.25. The number of nitrogen functional groups attached to an aromatic ring is 1. The second kappa shape index (κ2) is 6.21. The molecule has 0 bridgehead atoms. The van der Waals surface area contributed by atoms with E-state index in [2.05, 4.69) is 5.10 Å². The van der Waals surface area contributed by atoms with E-state index < -0.39 is 0 Å². The third-order valence-electron chi connectivity index (χ3n) is 2.73. The Morgan fingerprint density at radius 2 is 2.22 bits per heavy atom. The molecule has 0 saturated carbocycles. The van der Waals surface area contributed by atoms with Gasteiger partial charge in [-0.25, -0.2) is 0 Å². The Morgan fingerprint density at radius 1 is 1.33 bits per heavy atom. The van der Waals surface area contributed by atoms with Crippen molar-refractivity contribution >= 4 is 5.69 Å². The molecule has 4 nitrogen and oxygen atoms in total. The van der Waals surface area contributed by atoms with Gasteiger partial charge in [-0.15, -0.1) is 0 Å². The van der Waals surface area contributed by atoms with E-state index >= 15 is 0 Å². The smallest absolute Gasteiger partial charge is 0.0568 e. The summed E-state index contributed by atoms with van der Waals surface area (Å²) < 4.78 is 7.25. The lowest BCUT2D eigenvalue weighted by Crippen LogP contribution is -2.02. The normalized spacial score (nSPS) is 10.7. The summed E-state index contributed by atoms with van der Waals surface area (Å²) in [4.78, 5) is 0. The summed E-state index contributed by atoms with van der Waals surface area (Å²) in [6, 6.07) is 7.84. The highest BCUT2D eigenvalue weighted by atomic mass is 16.5. The number of nitrogens with zero attached hydrogens (tertiary/aromatic N) is 2. The lowest BCUT2D eigenvalue weighted by Gasteiger charge is -2.02. The van der Waals surface area contributed by atoms with E-state index in [-0.39, 0.29) is 0 Å². The van der Waals surface area contributed by atoms with Gasteiger partial charge in [0.15, 0.2) is 0 Å². The van der Waals surface area contributed by atoms with Crippen LogP contribution in [-0.2, 0) is 11.3 Å². The van der Waals surface area contributed by atoms with Crippen molar-refractivity contribution < 1.29 is 4.74 Å². The summed E-state index contributed by atoms with van der Waals surface area (Å²) in [6.45, 7) is 4.44. The standard InChI is InChI=1S/C14H19N3O/c1-2-18-8-4-7-17-11-13(10-16-17)12-5-3-6-14(15)9-12/h3,5-6,9-11H,2,4,7-8,15H2,1H3.